The molecule has 0 aliphatic rings. The fourth-order valence-corrected chi connectivity index (χ4v) is 5.72. The summed E-state index contributed by atoms with van der Waals surface area (Å²) in [5.74, 6) is -2.34. The van der Waals surface area contributed by atoms with E-state index in [1.165, 1.54) is 36.0 Å². The van der Waals surface area contributed by atoms with Gasteiger partial charge < -0.3 is 9.87 Å². The van der Waals surface area contributed by atoms with Crippen LogP contribution in [0.4, 0.5) is 8.78 Å². The number of hydrogen-bond donors (Lipinski definition) is 1. The first-order chi connectivity index (χ1) is 19.3. The Balaban J connectivity index is 0.00000484. The molecule has 0 aliphatic heterocycles. The summed E-state index contributed by atoms with van der Waals surface area (Å²) in [5, 5.41) is 3.64. The first-order valence-electron chi connectivity index (χ1n) is 12.2. The first-order valence-corrected chi connectivity index (χ1v) is 15.5. The van der Waals surface area contributed by atoms with Crippen molar-refractivity contribution in [3.63, 3.8) is 0 Å². The van der Waals surface area contributed by atoms with Gasteiger partial charge in [-0.2, -0.15) is 0 Å². The number of nitrogens with one attached hydrogen (secondary N) is 1. The van der Waals surface area contributed by atoms with E-state index >= 15 is 0 Å². The van der Waals surface area contributed by atoms with E-state index in [1.54, 1.807) is 30.5 Å². The van der Waals surface area contributed by atoms with Crippen molar-refractivity contribution < 1.29 is 56.1 Å². The van der Waals surface area contributed by atoms with E-state index in [9.17, 15) is 26.5 Å². The Morgan fingerprint density at radius 3 is 2.36 bits per heavy atom. The summed E-state index contributed by atoms with van der Waals surface area (Å²) in [7, 11) is -4.48. The molecule has 14 heteroatoms. The summed E-state index contributed by atoms with van der Waals surface area (Å²) in [4.78, 5) is 16.8. The average molecular weight is 663 g/mol. The molecule has 0 saturated heterocycles. The zero-order valence-electron chi connectivity index (χ0n) is 22.8. The van der Waals surface area contributed by atoms with Crippen molar-refractivity contribution in [3.05, 3.63) is 111 Å². The van der Waals surface area contributed by atoms with Gasteiger partial charge in [0.1, 0.15) is 11.6 Å². The van der Waals surface area contributed by atoms with Gasteiger partial charge in [0.05, 0.1) is 37.8 Å². The molecule has 0 spiro atoms. The summed E-state index contributed by atoms with van der Waals surface area (Å²) in [6, 6.07) is 15.2. The number of benzene rings is 3. The SMILES string of the molecule is CC(C)(c1ccc(Cl)c(Cl)c1)c1cnc(SCc2ccc(C(=O)NCCS(=O)(=O)[O-])cc2F)n1-c1ccc(F)cc1.[Na+]. The number of amides is 1. The predicted octanol–water partition coefficient (Wildman–Crippen LogP) is 3.35. The Morgan fingerprint density at radius 2 is 1.74 bits per heavy atom. The summed E-state index contributed by atoms with van der Waals surface area (Å²) >= 11 is 13.7. The van der Waals surface area contributed by atoms with Crippen LogP contribution in [-0.2, 0) is 21.3 Å². The van der Waals surface area contributed by atoms with Gasteiger partial charge in [-0.1, -0.05) is 60.9 Å². The monoisotopic (exact) mass is 661 g/mol. The van der Waals surface area contributed by atoms with E-state index < -0.39 is 38.8 Å². The van der Waals surface area contributed by atoms with E-state index in [1.807, 2.05) is 24.5 Å². The second-order valence-corrected chi connectivity index (χ2v) is 12.9. The van der Waals surface area contributed by atoms with Crippen LogP contribution in [0.5, 0.6) is 0 Å². The quantitative estimate of drug-likeness (QED) is 0.159. The van der Waals surface area contributed by atoms with Crippen LogP contribution in [0.1, 0.15) is 41.0 Å². The molecule has 0 unspecified atom stereocenters. The van der Waals surface area contributed by atoms with Crippen LogP contribution >= 0.6 is 35.0 Å². The number of rotatable bonds is 10. The standard InChI is InChI=1S/C28H25Cl2F2N3O4S2.Na/c1-28(2,19-5-10-22(29)23(30)14-19)25-15-34-27(35(25)21-8-6-20(31)7-9-21)40-16-18-4-3-17(13-24(18)32)26(36)33-11-12-41(37,38)39;/h3-10,13-15H,11-12,16H2,1-2H3,(H,33,36)(H,37,38,39);/q;+1/p-1. The fraction of sp³-hybridized carbons (Fsp3) is 0.214. The number of carbonyl (C=O) groups is 1. The van der Waals surface area contributed by atoms with E-state index in [-0.39, 0.29) is 47.4 Å². The van der Waals surface area contributed by atoms with Gasteiger partial charge in [-0.3, -0.25) is 9.36 Å². The number of nitrogens with zero attached hydrogens (tertiary/aromatic N) is 2. The van der Waals surface area contributed by atoms with Crippen molar-refractivity contribution in [2.75, 3.05) is 12.3 Å². The molecule has 3 aromatic carbocycles. The summed E-state index contributed by atoms with van der Waals surface area (Å²) in [5.41, 5.74) is 1.98. The van der Waals surface area contributed by atoms with Crippen molar-refractivity contribution >= 4 is 51.0 Å². The molecule has 216 valence electrons. The predicted molar refractivity (Wildman–Crippen MR) is 155 cm³/mol. The molecule has 0 saturated carbocycles. The Bertz CT molecular complexity index is 1700. The maximum absolute atomic E-state index is 14.9. The minimum Gasteiger partial charge on any atom is -0.748 e. The van der Waals surface area contributed by atoms with Gasteiger partial charge in [-0.15, -0.1) is 0 Å². The number of halogens is 4. The zero-order chi connectivity index (χ0) is 29.9. The normalized spacial score (nSPS) is 11.7. The third-order valence-corrected chi connectivity index (χ3v) is 8.85. The number of carbonyl (C=O) groups excluding carboxylic acids is 1. The second-order valence-electron chi connectivity index (χ2n) is 9.60. The smallest absolute Gasteiger partial charge is 0.748 e. The van der Waals surface area contributed by atoms with Crippen molar-refractivity contribution in [2.45, 2.75) is 30.2 Å². The minimum absolute atomic E-state index is 0. The first kappa shape index (κ1) is 34.5. The second kappa shape index (κ2) is 14.2. The minimum atomic E-state index is -4.48. The van der Waals surface area contributed by atoms with Crippen molar-refractivity contribution in [3.8, 4) is 5.69 Å². The fourth-order valence-electron chi connectivity index (χ4n) is 4.09. The molecule has 0 fully saturated rings. The molecule has 1 aromatic heterocycles. The Labute approximate surface area is 279 Å². The maximum atomic E-state index is 14.9. The van der Waals surface area contributed by atoms with Crippen LogP contribution in [0.25, 0.3) is 5.69 Å². The molecule has 0 aliphatic carbocycles. The van der Waals surface area contributed by atoms with Gasteiger partial charge in [0, 0.05) is 29.0 Å². The van der Waals surface area contributed by atoms with Gasteiger partial charge in [0.2, 0.25) is 0 Å². The molecule has 7 nitrogen and oxygen atoms in total. The topological polar surface area (TPSA) is 104 Å². The van der Waals surface area contributed by atoms with E-state index in [0.29, 0.717) is 26.5 Å². The van der Waals surface area contributed by atoms with Gasteiger partial charge in [0.15, 0.2) is 5.16 Å². The summed E-state index contributed by atoms with van der Waals surface area (Å²) in [6.45, 7) is 3.61. The third kappa shape index (κ3) is 8.35. The van der Waals surface area contributed by atoms with E-state index in [4.69, 9.17) is 23.2 Å². The zero-order valence-corrected chi connectivity index (χ0v) is 28.0. The number of imidazole rings is 1. The number of hydrogen-bond acceptors (Lipinski definition) is 6. The van der Waals surface area contributed by atoms with Crippen molar-refractivity contribution in [2.24, 2.45) is 0 Å². The van der Waals surface area contributed by atoms with Gasteiger partial charge in [-0.25, -0.2) is 22.2 Å². The average Bonchev–Trinajstić information content (AvgIpc) is 3.34. The van der Waals surface area contributed by atoms with Crippen LogP contribution in [0.15, 0.2) is 72.0 Å². The van der Waals surface area contributed by atoms with Crippen LogP contribution in [0.3, 0.4) is 0 Å². The Hall–Kier alpha value is -1.96. The van der Waals surface area contributed by atoms with E-state index in [2.05, 4.69) is 10.3 Å². The molecule has 42 heavy (non-hydrogen) atoms. The molecule has 4 aromatic rings. The molecule has 4 rings (SSSR count). The van der Waals surface area contributed by atoms with Crippen molar-refractivity contribution in [1.29, 1.82) is 0 Å². The molecule has 1 heterocycles. The van der Waals surface area contributed by atoms with Gasteiger partial charge in [-0.05, 0) is 59.7 Å². The molecule has 0 atom stereocenters. The molecular weight excluding hydrogens is 638 g/mol. The molecule has 0 bridgehead atoms. The molecule has 1 N–H and O–H groups in total. The summed E-state index contributed by atoms with van der Waals surface area (Å²) in [6.07, 6.45) is 1.71. The Morgan fingerprint density at radius 1 is 1.05 bits per heavy atom. The van der Waals surface area contributed by atoms with Gasteiger partial charge >= 0.3 is 29.6 Å². The molecular formula is C28H24Cl2F2N3NaO4S2. The molecule has 0 radical (unpaired) electrons. The molecule has 1 amide bonds. The Kier molecular flexibility index (Phi) is 11.7. The van der Waals surface area contributed by atoms with Crippen molar-refractivity contribution in [1.82, 2.24) is 14.9 Å². The van der Waals surface area contributed by atoms with Crippen LogP contribution < -0.4 is 34.9 Å². The van der Waals surface area contributed by atoms with Crippen LogP contribution in [-0.4, -0.2) is 40.7 Å². The van der Waals surface area contributed by atoms with Gasteiger partial charge in [0.25, 0.3) is 5.91 Å². The van der Waals surface area contributed by atoms with Crippen LogP contribution in [0, 0.1) is 11.6 Å². The van der Waals surface area contributed by atoms with Crippen LogP contribution in [0.2, 0.25) is 10.0 Å². The number of aromatic nitrogens is 2. The van der Waals surface area contributed by atoms with E-state index in [0.717, 1.165) is 17.3 Å². The summed E-state index contributed by atoms with van der Waals surface area (Å²) < 4.78 is 62.7. The number of thioether (sulfide) groups is 1. The maximum Gasteiger partial charge on any atom is 1.00 e. The third-order valence-electron chi connectivity index (χ3n) is 6.41. The largest absolute Gasteiger partial charge is 1.00 e.